The summed E-state index contributed by atoms with van der Waals surface area (Å²) >= 11 is 0. The molecule has 5 nitrogen and oxygen atoms in total. The highest BCUT2D eigenvalue weighted by atomic mass is 35.5. The van der Waals surface area contributed by atoms with Crippen molar-refractivity contribution in [3.8, 4) is 5.75 Å². The Hall–Kier alpha value is -1.01. The summed E-state index contributed by atoms with van der Waals surface area (Å²) in [7, 11) is 0. The fourth-order valence-electron chi connectivity index (χ4n) is 2.37. The van der Waals surface area contributed by atoms with E-state index in [9.17, 15) is 4.79 Å². The van der Waals surface area contributed by atoms with E-state index in [0.717, 1.165) is 45.0 Å². The molecule has 0 aromatic heterocycles. The van der Waals surface area contributed by atoms with Gasteiger partial charge in [0, 0.05) is 37.7 Å². The second kappa shape index (κ2) is 12.4. The molecule has 1 aromatic rings. The van der Waals surface area contributed by atoms with E-state index in [4.69, 9.17) is 4.74 Å². The molecular weight excluding hydrogens is 349 g/mol. The molecule has 2 rings (SSSR count). The molecule has 1 aliphatic rings. The number of halogens is 2. The Bertz CT molecular complexity index is 463. The van der Waals surface area contributed by atoms with E-state index in [1.165, 1.54) is 0 Å². The molecule has 1 saturated heterocycles. The quantitative estimate of drug-likeness (QED) is 0.692. The molecule has 1 aromatic carbocycles. The second-order valence-corrected chi connectivity index (χ2v) is 5.63. The molecule has 1 aliphatic heterocycles. The number of ether oxygens (including phenoxy) is 1. The van der Waals surface area contributed by atoms with Crippen LogP contribution in [0.3, 0.4) is 0 Å². The fraction of sp³-hybridized carbons (Fsp3) is 0.588. The van der Waals surface area contributed by atoms with Crippen molar-refractivity contribution < 1.29 is 9.53 Å². The second-order valence-electron chi connectivity index (χ2n) is 5.63. The molecule has 0 aliphatic carbocycles. The van der Waals surface area contributed by atoms with Crippen LogP contribution < -0.4 is 15.4 Å². The van der Waals surface area contributed by atoms with Crippen molar-refractivity contribution in [2.75, 3.05) is 45.9 Å². The molecule has 1 heterocycles. The summed E-state index contributed by atoms with van der Waals surface area (Å²) in [6.07, 6.45) is 0. The Morgan fingerprint density at radius 1 is 1.21 bits per heavy atom. The van der Waals surface area contributed by atoms with Gasteiger partial charge in [-0.3, -0.25) is 4.79 Å². The standard InChI is InChI=1S/C17H27N3O2.2ClH/c1-3-20(4-2)9-10-22-16-7-5-15(6-8-16)17(21)19-13-14-11-18-12-14;;/h5-8,14,18H,3-4,9-13H2,1-2H3,(H,19,21);2*1H. The van der Waals surface area contributed by atoms with Crippen LogP contribution in [0.15, 0.2) is 24.3 Å². The van der Waals surface area contributed by atoms with Gasteiger partial charge in [0.05, 0.1) is 0 Å². The van der Waals surface area contributed by atoms with Crippen LogP contribution in [-0.2, 0) is 0 Å². The minimum atomic E-state index is -0.0124. The number of nitrogens with one attached hydrogen (secondary N) is 2. The highest BCUT2D eigenvalue weighted by Crippen LogP contribution is 2.12. The van der Waals surface area contributed by atoms with Crippen molar-refractivity contribution in [1.29, 1.82) is 0 Å². The molecule has 0 radical (unpaired) electrons. The lowest BCUT2D eigenvalue weighted by atomic mass is 10.0. The van der Waals surface area contributed by atoms with Crippen LogP contribution in [0.4, 0.5) is 0 Å². The molecule has 0 unspecified atom stereocenters. The zero-order chi connectivity index (χ0) is 15.8. The van der Waals surface area contributed by atoms with Gasteiger partial charge in [-0.05, 0) is 37.4 Å². The molecule has 2 N–H and O–H groups in total. The maximum absolute atomic E-state index is 12.0. The van der Waals surface area contributed by atoms with Crippen molar-refractivity contribution in [2.24, 2.45) is 5.92 Å². The normalized spacial score (nSPS) is 13.5. The zero-order valence-electron chi connectivity index (χ0n) is 14.4. The minimum Gasteiger partial charge on any atom is -0.492 e. The number of amides is 1. The lowest BCUT2D eigenvalue weighted by Crippen LogP contribution is -2.48. The van der Waals surface area contributed by atoms with E-state index in [-0.39, 0.29) is 30.7 Å². The lowest BCUT2D eigenvalue weighted by Gasteiger charge is -2.27. The van der Waals surface area contributed by atoms with Gasteiger partial charge in [-0.1, -0.05) is 13.8 Å². The van der Waals surface area contributed by atoms with Gasteiger partial charge in [-0.25, -0.2) is 0 Å². The van der Waals surface area contributed by atoms with Gasteiger partial charge in [0.1, 0.15) is 12.4 Å². The zero-order valence-corrected chi connectivity index (χ0v) is 16.0. The third-order valence-electron chi connectivity index (χ3n) is 4.10. The van der Waals surface area contributed by atoms with Crippen LogP contribution in [0.25, 0.3) is 0 Å². The van der Waals surface area contributed by atoms with Crippen molar-refractivity contribution >= 4 is 30.7 Å². The molecule has 0 saturated carbocycles. The molecule has 7 heteroatoms. The molecule has 0 spiro atoms. The fourth-order valence-corrected chi connectivity index (χ4v) is 2.37. The van der Waals surface area contributed by atoms with Crippen LogP contribution >= 0.6 is 24.8 Å². The maximum Gasteiger partial charge on any atom is 0.251 e. The summed E-state index contributed by atoms with van der Waals surface area (Å²) in [5, 5.41) is 6.16. The van der Waals surface area contributed by atoms with Gasteiger partial charge in [0.15, 0.2) is 0 Å². The van der Waals surface area contributed by atoms with E-state index in [2.05, 4.69) is 29.4 Å². The van der Waals surface area contributed by atoms with Crippen LogP contribution in [0.5, 0.6) is 5.75 Å². The number of hydrogen-bond acceptors (Lipinski definition) is 4. The Labute approximate surface area is 157 Å². The summed E-state index contributed by atoms with van der Waals surface area (Å²) in [6, 6.07) is 7.37. The molecule has 138 valence electrons. The van der Waals surface area contributed by atoms with E-state index >= 15 is 0 Å². The molecule has 1 fully saturated rings. The molecule has 0 bridgehead atoms. The first-order chi connectivity index (χ1) is 10.7. The van der Waals surface area contributed by atoms with E-state index in [0.29, 0.717) is 18.1 Å². The van der Waals surface area contributed by atoms with Crippen LogP contribution in [-0.4, -0.2) is 56.7 Å². The third kappa shape index (κ3) is 7.26. The van der Waals surface area contributed by atoms with Gasteiger partial charge in [-0.2, -0.15) is 0 Å². The van der Waals surface area contributed by atoms with Crippen molar-refractivity contribution in [3.63, 3.8) is 0 Å². The average Bonchev–Trinajstić information content (AvgIpc) is 2.50. The number of likely N-dealkylation sites (N-methyl/N-ethyl adjacent to an activating group) is 1. The summed E-state index contributed by atoms with van der Waals surface area (Å²) in [5.41, 5.74) is 0.684. The smallest absolute Gasteiger partial charge is 0.251 e. The lowest BCUT2D eigenvalue weighted by molar-refractivity contribution is 0.0942. The number of carbonyl (C=O) groups excluding carboxylic acids is 1. The topological polar surface area (TPSA) is 53.6 Å². The average molecular weight is 378 g/mol. The first-order valence-electron chi connectivity index (χ1n) is 8.17. The van der Waals surface area contributed by atoms with Gasteiger partial charge in [-0.15, -0.1) is 24.8 Å². The van der Waals surface area contributed by atoms with Gasteiger partial charge >= 0.3 is 0 Å². The monoisotopic (exact) mass is 377 g/mol. The van der Waals surface area contributed by atoms with Crippen LogP contribution in [0, 0.1) is 5.92 Å². The Morgan fingerprint density at radius 2 is 1.83 bits per heavy atom. The number of benzene rings is 1. The minimum absolute atomic E-state index is 0. The predicted molar refractivity (Wildman–Crippen MR) is 103 cm³/mol. The number of nitrogens with zero attached hydrogens (tertiary/aromatic N) is 1. The summed E-state index contributed by atoms with van der Waals surface area (Å²) in [6.45, 7) is 10.7. The molecular formula is C17H29Cl2N3O2. The maximum atomic E-state index is 12.0. The Balaban J connectivity index is 0.00000264. The van der Waals surface area contributed by atoms with Crippen LogP contribution in [0.2, 0.25) is 0 Å². The predicted octanol–water partition coefficient (Wildman–Crippen LogP) is 2.20. The highest BCUT2D eigenvalue weighted by Gasteiger charge is 2.17. The molecule has 0 atom stereocenters. The first kappa shape index (κ1) is 23.0. The summed E-state index contributed by atoms with van der Waals surface area (Å²) in [4.78, 5) is 14.3. The third-order valence-corrected chi connectivity index (χ3v) is 4.10. The SMILES string of the molecule is CCN(CC)CCOc1ccc(C(=O)NCC2CNC2)cc1.Cl.Cl. The van der Waals surface area contributed by atoms with Crippen molar-refractivity contribution in [1.82, 2.24) is 15.5 Å². The highest BCUT2D eigenvalue weighted by molar-refractivity contribution is 5.94. The van der Waals surface area contributed by atoms with E-state index in [1.54, 1.807) is 0 Å². The first-order valence-corrected chi connectivity index (χ1v) is 8.17. The van der Waals surface area contributed by atoms with Crippen molar-refractivity contribution in [2.45, 2.75) is 13.8 Å². The van der Waals surface area contributed by atoms with Gasteiger partial charge in [0.2, 0.25) is 0 Å². The largest absolute Gasteiger partial charge is 0.492 e. The van der Waals surface area contributed by atoms with E-state index in [1.807, 2.05) is 24.3 Å². The van der Waals surface area contributed by atoms with Gasteiger partial charge in [0.25, 0.3) is 5.91 Å². The molecule has 1 amide bonds. The van der Waals surface area contributed by atoms with Crippen LogP contribution in [0.1, 0.15) is 24.2 Å². The summed E-state index contributed by atoms with van der Waals surface area (Å²) in [5.74, 6) is 1.38. The van der Waals surface area contributed by atoms with E-state index < -0.39 is 0 Å². The summed E-state index contributed by atoms with van der Waals surface area (Å²) < 4.78 is 5.72. The number of rotatable bonds is 9. The molecule has 24 heavy (non-hydrogen) atoms. The van der Waals surface area contributed by atoms with Gasteiger partial charge < -0.3 is 20.3 Å². The number of carbonyl (C=O) groups is 1. The Kier molecular flexibility index (Phi) is 11.8. The Morgan fingerprint density at radius 3 is 2.33 bits per heavy atom. The number of hydrogen-bond donors (Lipinski definition) is 2. The van der Waals surface area contributed by atoms with Crippen molar-refractivity contribution in [3.05, 3.63) is 29.8 Å².